The average molecular weight is 442 g/mol. The number of phenolic OH excluding ortho intramolecular Hbond substituents is 1. The first-order chi connectivity index (χ1) is 16.1. The first-order valence-electron chi connectivity index (χ1n) is 11.4. The number of nitrogens with zero attached hydrogens (tertiary/aromatic N) is 4. The zero-order valence-electron chi connectivity index (χ0n) is 18.7. The second-order valence-corrected chi connectivity index (χ2v) is 8.85. The first kappa shape index (κ1) is 21.4. The third-order valence-corrected chi connectivity index (χ3v) is 6.53. The Hall–Kier alpha value is -3.47. The molecule has 0 spiro atoms. The molecule has 33 heavy (non-hydrogen) atoms. The number of nitrogens with one attached hydrogen (secondary N) is 1. The van der Waals surface area contributed by atoms with E-state index in [0.29, 0.717) is 28.9 Å². The van der Waals surface area contributed by atoms with E-state index in [1.165, 1.54) is 0 Å². The molecule has 2 aliphatic heterocycles. The highest BCUT2D eigenvalue weighted by Gasteiger charge is 2.30. The van der Waals surface area contributed by atoms with Gasteiger partial charge in [0.05, 0.1) is 36.6 Å². The van der Waals surface area contributed by atoms with Crippen LogP contribution >= 0.6 is 0 Å². The number of hydrogen-bond acceptors (Lipinski definition) is 7. The molecule has 2 aromatic carbocycles. The molecule has 2 N–H and O–H groups in total. The van der Waals surface area contributed by atoms with E-state index in [9.17, 15) is 5.11 Å². The summed E-state index contributed by atoms with van der Waals surface area (Å²) in [7, 11) is 0. The van der Waals surface area contributed by atoms with Crippen molar-refractivity contribution in [1.82, 2.24) is 15.1 Å². The molecule has 3 heterocycles. The second kappa shape index (κ2) is 9.18. The van der Waals surface area contributed by atoms with Crippen molar-refractivity contribution >= 4 is 5.82 Å². The summed E-state index contributed by atoms with van der Waals surface area (Å²) in [6.45, 7) is 5.80. The molecule has 3 aromatic rings. The summed E-state index contributed by atoms with van der Waals surface area (Å²) in [4.78, 5) is 2.51. The lowest BCUT2D eigenvalue weighted by Gasteiger charge is -2.42. The van der Waals surface area contributed by atoms with Gasteiger partial charge in [-0.3, -0.25) is 4.90 Å². The lowest BCUT2D eigenvalue weighted by molar-refractivity contribution is -0.0710. The summed E-state index contributed by atoms with van der Waals surface area (Å²) in [5.41, 5.74) is 4.70. The van der Waals surface area contributed by atoms with E-state index in [0.717, 1.165) is 61.7 Å². The molecule has 0 unspecified atom stereocenters. The maximum absolute atomic E-state index is 10.7. The number of hydrogen-bond donors (Lipinski definition) is 2. The molecule has 2 saturated heterocycles. The van der Waals surface area contributed by atoms with Crippen LogP contribution in [0.5, 0.6) is 5.75 Å². The van der Waals surface area contributed by atoms with Gasteiger partial charge in [-0.15, -0.1) is 10.2 Å². The van der Waals surface area contributed by atoms with Crippen molar-refractivity contribution in [2.24, 2.45) is 0 Å². The predicted octanol–water partition coefficient (Wildman–Crippen LogP) is 3.97. The number of phenols is 1. The zero-order valence-corrected chi connectivity index (χ0v) is 18.7. The van der Waals surface area contributed by atoms with Crippen LogP contribution in [0.3, 0.4) is 0 Å². The van der Waals surface area contributed by atoms with E-state index in [1.807, 2.05) is 37.3 Å². The first-order valence-corrected chi connectivity index (χ1v) is 11.4. The van der Waals surface area contributed by atoms with Crippen molar-refractivity contribution in [1.29, 1.82) is 5.26 Å². The van der Waals surface area contributed by atoms with E-state index in [4.69, 9.17) is 10.00 Å². The predicted molar refractivity (Wildman–Crippen MR) is 127 cm³/mol. The molecule has 0 saturated carbocycles. The van der Waals surface area contributed by atoms with E-state index < -0.39 is 0 Å². The largest absolute Gasteiger partial charge is 0.507 e. The minimum absolute atomic E-state index is 0.153. The zero-order chi connectivity index (χ0) is 22.8. The van der Waals surface area contributed by atoms with Crippen LogP contribution in [0.4, 0.5) is 5.82 Å². The highest BCUT2D eigenvalue weighted by Crippen LogP contribution is 2.34. The van der Waals surface area contributed by atoms with Gasteiger partial charge in [-0.2, -0.15) is 5.26 Å². The molecule has 0 bridgehead atoms. The highest BCUT2D eigenvalue weighted by atomic mass is 16.5. The number of rotatable bonds is 5. The third kappa shape index (κ3) is 4.54. The molecule has 2 fully saturated rings. The molecule has 0 amide bonds. The number of anilines is 1. The molecule has 168 valence electrons. The minimum Gasteiger partial charge on any atom is -0.507 e. The Labute approximate surface area is 193 Å². The van der Waals surface area contributed by atoms with Crippen LogP contribution in [0.15, 0.2) is 48.5 Å². The summed E-state index contributed by atoms with van der Waals surface area (Å²) >= 11 is 0. The van der Waals surface area contributed by atoms with Gasteiger partial charge in [0.1, 0.15) is 11.6 Å². The van der Waals surface area contributed by atoms with Gasteiger partial charge < -0.3 is 15.2 Å². The second-order valence-electron chi connectivity index (χ2n) is 8.85. The Morgan fingerprint density at radius 2 is 1.88 bits per heavy atom. The van der Waals surface area contributed by atoms with Crippen LogP contribution in [0, 0.1) is 18.3 Å². The van der Waals surface area contributed by atoms with Gasteiger partial charge in [-0.05, 0) is 73.3 Å². The molecule has 5 rings (SSSR count). The summed E-state index contributed by atoms with van der Waals surface area (Å²) < 4.78 is 5.35. The van der Waals surface area contributed by atoms with Crippen LogP contribution in [0.1, 0.15) is 24.0 Å². The van der Waals surface area contributed by atoms with Crippen molar-refractivity contribution in [3.63, 3.8) is 0 Å². The number of aromatic hydroxyl groups is 1. The molecule has 2 aliphatic rings. The Balaban J connectivity index is 1.31. The molecular formula is C26H27N5O2. The number of piperidine rings is 1. The van der Waals surface area contributed by atoms with Crippen LogP contribution < -0.4 is 5.32 Å². The quantitative estimate of drug-likeness (QED) is 0.619. The molecule has 1 aromatic heterocycles. The summed E-state index contributed by atoms with van der Waals surface area (Å²) in [5, 5.41) is 32.1. The van der Waals surface area contributed by atoms with Gasteiger partial charge in [0.25, 0.3) is 0 Å². The van der Waals surface area contributed by atoms with Crippen LogP contribution in [-0.4, -0.2) is 58.6 Å². The number of likely N-dealkylation sites (tertiary alicyclic amines) is 1. The molecule has 7 nitrogen and oxygen atoms in total. The average Bonchev–Trinajstić information content (AvgIpc) is 2.79. The SMILES string of the molecule is Cc1cc(N[C@H]2CCCN(C3COC3)C2)nnc1-c1ccc(-c2ccc(C#N)cc2)cc1O. The van der Waals surface area contributed by atoms with Gasteiger partial charge in [-0.25, -0.2) is 0 Å². The lowest BCUT2D eigenvalue weighted by Crippen LogP contribution is -2.54. The topological polar surface area (TPSA) is 94.3 Å². The van der Waals surface area contributed by atoms with Gasteiger partial charge in [0.2, 0.25) is 0 Å². The minimum atomic E-state index is 0.153. The number of nitriles is 1. The molecule has 7 heteroatoms. The Morgan fingerprint density at radius 1 is 1.09 bits per heavy atom. The molecule has 0 aliphatic carbocycles. The van der Waals surface area contributed by atoms with Gasteiger partial charge in [0.15, 0.2) is 0 Å². The van der Waals surface area contributed by atoms with Crippen molar-refractivity contribution in [2.75, 3.05) is 31.6 Å². The van der Waals surface area contributed by atoms with Crippen molar-refractivity contribution in [2.45, 2.75) is 31.8 Å². The van der Waals surface area contributed by atoms with E-state index in [1.54, 1.807) is 18.2 Å². The fourth-order valence-corrected chi connectivity index (χ4v) is 4.57. The summed E-state index contributed by atoms with van der Waals surface area (Å²) in [5.74, 6) is 0.919. The Morgan fingerprint density at radius 3 is 2.55 bits per heavy atom. The molecule has 0 radical (unpaired) electrons. The maximum atomic E-state index is 10.7. The molecule has 1 atom stereocenters. The van der Waals surface area contributed by atoms with E-state index in [2.05, 4.69) is 26.5 Å². The lowest BCUT2D eigenvalue weighted by atomic mass is 9.99. The van der Waals surface area contributed by atoms with Crippen LogP contribution in [0.25, 0.3) is 22.4 Å². The number of aromatic nitrogens is 2. The van der Waals surface area contributed by atoms with Gasteiger partial charge >= 0.3 is 0 Å². The van der Waals surface area contributed by atoms with Gasteiger partial charge in [0, 0.05) is 18.2 Å². The molecular weight excluding hydrogens is 414 g/mol. The smallest absolute Gasteiger partial charge is 0.149 e. The summed E-state index contributed by atoms with van der Waals surface area (Å²) in [6.07, 6.45) is 2.28. The van der Waals surface area contributed by atoms with Crippen molar-refractivity contribution < 1.29 is 9.84 Å². The third-order valence-electron chi connectivity index (χ3n) is 6.53. The fraction of sp³-hybridized carbons (Fsp3) is 0.346. The summed E-state index contributed by atoms with van der Waals surface area (Å²) in [6, 6.07) is 17.9. The standard InChI is InChI=1S/C26H27N5O2/c1-17-11-25(28-21-3-2-10-31(14-21)22-15-33-16-22)29-30-26(17)23-9-8-20(12-24(23)32)19-6-4-18(13-27)5-7-19/h4-9,11-12,21-22,32H,2-3,10,14-16H2,1H3,(H,28,29)/t21-/m0/s1. The maximum Gasteiger partial charge on any atom is 0.149 e. The van der Waals surface area contributed by atoms with E-state index in [-0.39, 0.29) is 5.75 Å². The van der Waals surface area contributed by atoms with Crippen molar-refractivity contribution in [3.05, 3.63) is 59.7 Å². The normalized spacial score (nSPS) is 19.0. The Kier molecular flexibility index (Phi) is 5.95. The fourth-order valence-electron chi connectivity index (χ4n) is 4.57. The van der Waals surface area contributed by atoms with Crippen LogP contribution in [0.2, 0.25) is 0 Å². The monoisotopic (exact) mass is 441 g/mol. The number of ether oxygens (including phenoxy) is 1. The number of aryl methyl sites for hydroxylation is 1. The highest BCUT2D eigenvalue weighted by molar-refractivity contribution is 5.76. The van der Waals surface area contributed by atoms with Gasteiger partial charge in [-0.1, -0.05) is 18.2 Å². The number of benzene rings is 2. The van der Waals surface area contributed by atoms with Crippen LogP contribution in [-0.2, 0) is 4.74 Å². The Bertz CT molecular complexity index is 1180. The van der Waals surface area contributed by atoms with E-state index >= 15 is 0 Å². The van der Waals surface area contributed by atoms with Crippen molar-refractivity contribution in [3.8, 4) is 34.2 Å².